The van der Waals surface area contributed by atoms with E-state index in [0.717, 1.165) is 25.0 Å². The zero-order valence-electron chi connectivity index (χ0n) is 14.1. The van der Waals surface area contributed by atoms with Gasteiger partial charge in [0.05, 0.1) is 5.52 Å². The molecule has 2 heterocycles. The normalized spacial score (nSPS) is 18.6. The summed E-state index contributed by atoms with van der Waals surface area (Å²) in [6.07, 6.45) is 5.83. The van der Waals surface area contributed by atoms with Crippen LogP contribution in [0.3, 0.4) is 0 Å². The Morgan fingerprint density at radius 1 is 1.33 bits per heavy atom. The van der Waals surface area contributed by atoms with Gasteiger partial charge in [-0.15, -0.1) is 0 Å². The van der Waals surface area contributed by atoms with Gasteiger partial charge in [-0.25, -0.2) is 0 Å². The van der Waals surface area contributed by atoms with Crippen molar-refractivity contribution in [1.82, 2.24) is 15.2 Å². The fourth-order valence-corrected chi connectivity index (χ4v) is 3.41. The van der Waals surface area contributed by atoms with Crippen LogP contribution in [0.5, 0.6) is 0 Å². The second kappa shape index (κ2) is 8.22. The molecule has 2 aromatic rings. The minimum Gasteiger partial charge on any atom is -0.354 e. The van der Waals surface area contributed by atoms with Crippen LogP contribution in [0, 0.1) is 0 Å². The van der Waals surface area contributed by atoms with Gasteiger partial charge < -0.3 is 11.1 Å². The van der Waals surface area contributed by atoms with Crippen molar-refractivity contribution in [2.45, 2.75) is 38.3 Å². The van der Waals surface area contributed by atoms with Crippen LogP contribution in [0.1, 0.15) is 31.2 Å². The van der Waals surface area contributed by atoms with E-state index in [9.17, 15) is 4.79 Å². The summed E-state index contributed by atoms with van der Waals surface area (Å²) in [5.41, 5.74) is 7.77. The molecular weight excluding hydrogens is 300 g/mol. The van der Waals surface area contributed by atoms with Gasteiger partial charge in [0.15, 0.2) is 0 Å². The van der Waals surface area contributed by atoms with Crippen LogP contribution in [0.4, 0.5) is 0 Å². The number of amides is 1. The summed E-state index contributed by atoms with van der Waals surface area (Å²) in [7, 11) is 0. The Morgan fingerprint density at radius 2 is 2.25 bits per heavy atom. The maximum atomic E-state index is 11.7. The number of likely N-dealkylation sites (tertiary alicyclic amines) is 1. The molecule has 1 aliphatic heterocycles. The van der Waals surface area contributed by atoms with Crippen LogP contribution in [-0.2, 0) is 11.3 Å². The summed E-state index contributed by atoms with van der Waals surface area (Å²) in [5, 5.41) is 4.21. The number of hydrogen-bond donors (Lipinski definition) is 2. The van der Waals surface area contributed by atoms with Gasteiger partial charge in [0, 0.05) is 43.7 Å². The first kappa shape index (κ1) is 16.9. The number of aromatic nitrogens is 1. The number of nitrogens with two attached hydrogens (primary N) is 1. The number of nitrogens with one attached hydrogen (secondary N) is 1. The molecule has 5 nitrogen and oxygen atoms in total. The predicted molar refractivity (Wildman–Crippen MR) is 96.5 cm³/mol. The van der Waals surface area contributed by atoms with Crippen molar-refractivity contribution in [3.05, 3.63) is 42.1 Å². The minimum atomic E-state index is 0.0554. The topological polar surface area (TPSA) is 71.2 Å². The molecule has 1 fully saturated rings. The first-order chi connectivity index (χ1) is 11.8. The van der Waals surface area contributed by atoms with Gasteiger partial charge in [-0.3, -0.25) is 14.7 Å². The molecule has 128 valence electrons. The molecule has 1 aromatic carbocycles. The third kappa shape index (κ3) is 4.30. The largest absolute Gasteiger partial charge is 0.354 e. The van der Waals surface area contributed by atoms with Crippen molar-refractivity contribution in [2.24, 2.45) is 5.73 Å². The summed E-state index contributed by atoms with van der Waals surface area (Å²) < 4.78 is 0. The van der Waals surface area contributed by atoms with Crippen LogP contribution >= 0.6 is 0 Å². The predicted octanol–water partition coefficient (Wildman–Crippen LogP) is 2.05. The molecule has 0 radical (unpaired) electrons. The summed E-state index contributed by atoms with van der Waals surface area (Å²) in [4.78, 5) is 18.5. The smallest absolute Gasteiger partial charge is 0.221 e. The van der Waals surface area contributed by atoms with Gasteiger partial charge in [-0.2, -0.15) is 0 Å². The van der Waals surface area contributed by atoms with E-state index in [1.807, 2.05) is 12.3 Å². The zero-order chi connectivity index (χ0) is 16.8. The van der Waals surface area contributed by atoms with Gasteiger partial charge >= 0.3 is 0 Å². The monoisotopic (exact) mass is 326 g/mol. The van der Waals surface area contributed by atoms with Crippen LogP contribution in [0.2, 0.25) is 0 Å². The molecule has 1 atom stereocenters. The Kier molecular flexibility index (Phi) is 5.77. The third-order valence-electron chi connectivity index (χ3n) is 4.71. The number of fused-ring (bicyclic) bond motifs is 1. The van der Waals surface area contributed by atoms with Crippen molar-refractivity contribution < 1.29 is 4.79 Å². The Labute approximate surface area is 143 Å². The summed E-state index contributed by atoms with van der Waals surface area (Å²) in [6.45, 7) is 3.13. The fourth-order valence-electron chi connectivity index (χ4n) is 3.41. The van der Waals surface area contributed by atoms with Crippen molar-refractivity contribution in [2.75, 3.05) is 19.6 Å². The van der Waals surface area contributed by atoms with E-state index < -0.39 is 0 Å². The first-order valence-corrected chi connectivity index (χ1v) is 8.81. The molecule has 3 N–H and O–H groups in total. The average molecular weight is 326 g/mol. The molecule has 1 aliphatic rings. The Morgan fingerprint density at radius 3 is 3.12 bits per heavy atom. The maximum absolute atomic E-state index is 11.7. The number of benzene rings is 1. The quantitative estimate of drug-likeness (QED) is 0.852. The number of rotatable bonds is 6. The Hall–Kier alpha value is -1.98. The van der Waals surface area contributed by atoms with E-state index in [-0.39, 0.29) is 5.91 Å². The number of carbonyl (C=O) groups is 1. The molecular formula is C19H26N4O. The average Bonchev–Trinajstić information content (AvgIpc) is 2.61. The van der Waals surface area contributed by atoms with Gasteiger partial charge in [0.2, 0.25) is 5.91 Å². The van der Waals surface area contributed by atoms with E-state index in [1.54, 1.807) is 0 Å². The summed E-state index contributed by atoms with van der Waals surface area (Å²) in [5.74, 6) is 0.0554. The molecule has 5 heteroatoms. The highest BCUT2D eigenvalue weighted by molar-refractivity contribution is 5.78. The molecule has 1 unspecified atom stereocenters. The lowest BCUT2D eigenvalue weighted by Crippen LogP contribution is -2.46. The van der Waals surface area contributed by atoms with E-state index in [1.165, 1.54) is 23.8 Å². The third-order valence-corrected chi connectivity index (χ3v) is 4.71. The minimum absolute atomic E-state index is 0.0554. The summed E-state index contributed by atoms with van der Waals surface area (Å²) in [6, 6.07) is 11.0. The molecule has 1 amide bonds. The van der Waals surface area contributed by atoms with E-state index in [4.69, 9.17) is 5.73 Å². The second-order valence-electron chi connectivity index (χ2n) is 6.49. The van der Waals surface area contributed by atoms with E-state index >= 15 is 0 Å². The lowest BCUT2D eigenvalue weighted by molar-refractivity contribution is -0.121. The van der Waals surface area contributed by atoms with Crippen molar-refractivity contribution in [3.63, 3.8) is 0 Å². The highest BCUT2D eigenvalue weighted by atomic mass is 16.1. The van der Waals surface area contributed by atoms with Gasteiger partial charge in [0.1, 0.15) is 0 Å². The first-order valence-electron chi connectivity index (χ1n) is 8.81. The van der Waals surface area contributed by atoms with Gasteiger partial charge in [-0.1, -0.05) is 18.6 Å². The molecule has 1 saturated heterocycles. The Bertz CT molecular complexity index is 688. The number of piperidine rings is 1. The number of hydrogen-bond acceptors (Lipinski definition) is 4. The highest BCUT2D eigenvalue weighted by Crippen LogP contribution is 2.21. The summed E-state index contributed by atoms with van der Waals surface area (Å²) >= 11 is 0. The fraction of sp³-hybridized carbons (Fsp3) is 0.474. The molecule has 3 rings (SSSR count). The second-order valence-corrected chi connectivity index (χ2v) is 6.49. The lowest BCUT2D eigenvalue weighted by Gasteiger charge is -2.36. The lowest BCUT2D eigenvalue weighted by atomic mass is 10.0. The van der Waals surface area contributed by atoms with E-state index in [2.05, 4.69) is 39.5 Å². The molecule has 0 saturated carbocycles. The van der Waals surface area contributed by atoms with Gasteiger partial charge in [0.25, 0.3) is 0 Å². The van der Waals surface area contributed by atoms with Crippen molar-refractivity contribution >= 4 is 16.8 Å². The van der Waals surface area contributed by atoms with Crippen LogP contribution in [-0.4, -0.2) is 41.5 Å². The van der Waals surface area contributed by atoms with Crippen molar-refractivity contribution in [3.8, 4) is 0 Å². The highest BCUT2D eigenvalue weighted by Gasteiger charge is 2.22. The van der Waals surface area contributed by atoms with Crippen LogP contribution < -0.4 is 11.1 Å². The van der Waals surface area contributed by atoms with Gasteiger partial charge in [-0.05, 0) is 43.1 Å². The molecule has 1 aromatic heterocycles. The number of nitrogens with zero attached hydrogens (tertiary/aromatic N) is 2. The molecule has 0 spiro atoms. The maximum Gasteiger partial charge on any atom is 0.221 e. The zero-order valence-corrected chi connectivity index (χ0v) is 14.1. The molecule has 0 bridgehead atoms. The standard InChI is InChI=1S/C19H26N4O/c20-9-8-19(24)22-13-17-5-1-2-11-23(17)14-15-6-7-18-16(12-15)4-3-10-21-18/h3-4,6-7,10,12,17H,1-2,5,8-9,11,13-14,20H2,(H,22,24). The SMILES string of the molecule is NCCC(=O)NCC1CCCCN1Cc1ccc2ncccc2c1. The number of carbonyl (C=O) groups excluding carboxylic acids is 1. The van der Waals surface area contributed by atoms with Crippen LogP contribution in [0.15, 0.2) is 36.5 Å². The number of pyridine rings is 1. The molecule has 24 heavy (non-hydrogen) atoms. The Balaban J connectivity index is 1.64. The van der Waals surface area contributed by atoms with Crippen molar-refractivity contribution in [1.29, 1.82) is 0 Å². The molecule has 0 aliphatic carbocycles. The van der Waals surface area contributed by atoms with Crippen LogP contribution in [0.25, 0.3) is 10.9 Å². The van der Waals surface area contributed by atoms with E-state index in [0.29, 0.717) is 25.6 Å².